The molecule has 0 unspecified atom stereocenters. The van der Waals surface area contributed by atoms with Crippen LogP contribution in [0.25, 0.3) is 0 Å². The van der Waals surface area contributed by atoms with Crippen molar-refractivity contribution in [2.45, 2.75) is 52.4 Å². The molecule has 0 atom stereocenters. The Labute approximate surface area is 116 Å². The molecule has 0 aromatic heterocycles. The van der Waals surface area contributed by atoms with Gasteiger partial charge in [0.1, 0.15) is 5.82 Å². The zero-order valence-electron chi connectivity index (χ0n) is 12.2. The van der Waals surface area contributed by atoms with Crippen LogP contribution in [-0.4, -0.2) is 6.54 Å². The van der Waals surface area contributed by atoms with Crippen LogP contribution in [0.2, 0.25) is 0 Å². The summed E-state index contributed by atoms with van der Waals surface area (Å²) in [4.78, 5) is 0. The second-order valence-electron chi connectivity index (χ2n) is 6.30. The van der Waals surface area contributed by atoms with Crippen molar-refractivity contribution in [3.05, 3.63) is 35.1 Å². The highest BCUT2D eigenvalue weighted by molar-refractivity contribution is 5.28. The normalized spacial score (nSPS) is 27.5. The molecule has 0 saturated heterocycles. The van der Waals surface area contributed by atoms with Gasteiger partial charge in [0.25, 0.3) is 0 Å². The first-order valence-electron chi connectivity index (χ1n) is 7.53. The fourth-order valence-electron chi connectivity index (χ4n) is 3.41. The van der Waals surface area contributed by atoms with E-state index in [0.717, 1.165) is 24.4 Å². The lowest BCUT2D eigenvalue weighted by molar-refractivity contribution is 0.153. The summed E-state index contributed by atoms with van der Waals surface area (Å²) in [7, 11) is 0. The van der Waals surface area contributed by atoms with Crippen LogP contribution in [0.1, 0.15) is 50.2 Å². The molecule has 1 nitrogen and oxygen atoms in total. The van der Waals surface area contributed by atoms with E-state index in [1.165, 1.54) is 37.7 Å². The van der Waals surface area contributed by atoms with Crippen LogP contribution in [0.3, 0.4) is 0 Å². The first-order chi connectivity index (χ1) is 9.08. The maximum atomic E-state index is 13.2. The molecule has 0 radical (unpaired) electrons. The summed E-state index contributed by atoms with van der Waals surface area (Å²) in [5.41, 5.74) is 8.65. The van der Waals surface area contributed by atoms with Gasteiger partial charge in [-0.25, -0.2) is 4.39 Å². The number of nitrogens with two attached hydrogens (primary N) is 1. The minimum absolute atomic E-state index is 0.141. The van der Waals surface area contributed by atoms with E-state index in [2.05, 4.69) is 6.92 Å². The van der Waals surface area contributed by atoms with Crippen LogP contribution in [0.4, 0.5) is 4.39 Å². The Hall–Kier alpha value is -0.890. The standard InChI is InChI=1S/C17H26FN/c1-3-14-6-8-17(12-19,9-7-14)11-15-4-5-16(18)10-13(15)2/h4-5,10,14H,3,6-9,11-12,19H2,1-2H3. The third kappa shape index (κ3) is 3.36. The highest BCUT2D eigenvalue weighted by atomic mass is 19.1. The molecule has 0 aliphatic heterocycles. The van der Waals surface area contributed by atoms with Crippen LogP contribution in [0, 0.1) is 24.1 Å². The van der Waals surface area contributed by atoms with Gasteiger partial charge in [0.2, 0.25) is 0 Å². The zero-order chi connectivity index (χ0) is 13.9. The zero-order valence-corrected chi connectivity index (χ0v) is 12.2. The summed E-state index contributed by atoms with van der Waals surface area (Å²) in [5.74, 6) is 0.742. The third-order valence-electron chi connectivity index (χ3n) is 5.05. The molecule has 0 spiro atoms. The van der Waals surface area contributed by atoms with Gasteiger partial charge in [0.05, 0.1) is 0 Å². The monoisotopic (exact) mass is 263 g/mol. The molecule has 2 heteroatoms. The van der Waals surface area contributed by atoms with Crippen LogP contribution < -0.4 is 5.73 Å². The van der Waals surface area contributed by atoms with E-state index in [-0.39, 0.29) is 11.2 Å². The fraction of sp³-hybridized carbons (Fsp3) is 0.647. The largest absolute Gasteiger partial charge is 0.330 e. The van der Waals surface area contributed by atoms with Crippen molar-refractivity contribution in [1.82, 2.24) is 0 Å². The summed E-state index contributed by atoms with van der Waals surface area (Å²) in [6.07, 6.45) is 7.34. The predicted molar refractivity (Wildman–Crippen MR) is 78.6 cm³/mol. The Morgan fingerprint density at radius 2 is 2.00 bits per heavy atom. The lowest BCUT2D eigenvalue weighted by Gasteiger charge is -2.40. The maximum Gasteiger partial charge on any atom is 0.123 e. The van der Waals surface area contributed by atoms with Gasteiger partial charge >= 0.3 is 0 Å². The Morgan fingerprint density at radius 3 is 2.53 bits per heavy atom. The van der Waals surface area contributed by atoms with Crippen LogP contribution in [0.15, 0.2) is 18.2 Å². The summed E-state index contributed by atoms with van der Waals surface area (Å²) in [6, 6.07) is 5.15. The highest BCUT2D eigenvalue weighted by Crippen LogP contribution is 2.42. The second kappa shape index (κ2) is 6.04. The topological polar surface area (TPSA) is 26.0 Å². The SMILES string of the molecule is CCC1CCC(CN)(Cc2ccc(F)cc2C)CC1. The van der Waals surface area contributed by atoms with E-state index in [4.69, 9.17) is 5.73 Å². The molecule has 0 bridgehead atoms. The van der Waals surface area contributed by atoms with Crippen molar-refractivity contribution in [3.8, 4) is 0 Å². The third-order valence-corrected chi connectivity index (χ3v) is 5.05. The van der Waals surface area contributed by atoms with Crippen molar-refractivity contribution in [1.29, 1.82) is 0 Å². The summed E-state index contributed by atoms with van der Waals surface area (Å²) in [6.45, 7) is 5.03. The van der Waals surface area contributed by atoms with E-state index < -0.39 is 0 Å². The predicted octanol–water partition coefficient (Wildman–Crippen LogP) is 4.22. The lowest BCUT2D eigenvalue weighted by atomic mass is 9.67. The molecular weight excluding hydrogens is 237 g/mol. The Morgan fingerprint density at radius 1 is 1.32 bits per heavy atom. The van der Waals surface area contributed by atoms with Crippen molar-refractivity contribution in [2.75, 3.05) is 6.54 Å². The maximum absolute atomic E-state index is 13.2. The van der Waals surface area contributed by atoms with Gasteiger partial charge in [-0.2, -0.15) is 0 Å². The Kier molecular flexibility index (Phi) is 4.62. The summed E-state index contributed by atoms with van der Waals surface area (Å²) >= 11 is 0. The molecule has 1 saturated carbocycles. The van der Waals surface area contributed by atoms with E-state index in [1.54, 1.807) is 12.1 Å². The van der Waals surface area contributed by atoms with Crippen LogP contribution in [0.5, 0.6) is 0 Å². The van der Waals surface area contributed by atoms with E-state index >= 15 is 0 Å². The molecule has 1 aliphatic rings. The number of rotatable bonds is 4. The lowest BCUT2D eigenvalue weighted by Crippen LogP contribution is -2.37. The number of hydrogen-bond donors (Lipinski definition) is 1. The smallest absolute Gasteiger partial charge is 0.123 e. The average Bonchev–Trinajstić information content (AvgIpc) is 2.43. The van der Waals surface area contributed by atoms with Crippen molar-refractivity contribution >= 4 is 0 Å². The van der Waals surface area contributed by atoms with Gasteiger partial charge in [0.15, 0.2) is 0 Å². The first kappa shape index (κ1) is 14.5. The number of benzene rings is 1. The number of halogens is 1. The van der Waals surface area contributed by atoms with Gasteiger partial charge in [-0.3, -0.25) is 0 Å². The van der Waals surface area contributed by atoms with E-state index in [9.17, 15) is 4.39 Å². The number of hydrogen-bond acceptors (Lipinski definition) is 1. The molecule has 0 amide bonds. The van der Waals surface area contributed by atoms with Gasteiger partial charge in [0, 0.05) is 0 Å². The van der Waals surface area contributed by atoms with Crippen molar-refractivity contribution in [3.63, 3.8) is 0 Å². The molecule has 1 aromatic carbocycles. The van der Waals surface area contributed by atoms with E-state index in [1.807, 2.05) is 13.0 Å². The van der Waals surface area contributed by atoms with Crippen LogP contribution >= 0.6 is 0 Å². The average molecular weight is 263 g/mol. The van der Waals surface area contributed by atoms with Crippen molar-refractivity contribution in [2.24, 2.45) is 17.1 Å². The number of aryl methyl sites for hydroxylation is 1. The van der Waals surface area contributed by atoms with Crippen molar-refractivity contribution < 1.29 is 4.39 Å². The van der Waals surface area contributed by atoms with Gasteiger partial charge in [-0.1, -0.05) is 19.4 Å². The molecule has 1 aliphatic carbocycles. The molecular formula is C17H26FN. The molecule has 1 fully saturated rings. The first-order valence-corrected chi connectivity index (χ1v) is 7.53. The molecule has 2 rings (SSSR count). The minimum atomic E-state index is -0.141. The molecule has 0 heterocycles. The molecule has 1 aromatic rings. The second-order valence-corrected chi connectivity index (χ2v) is 6.30. The quantitative estimate of drug-likeness (QED) is 0.864. The summed E-state index contributed by atoms with van der Waals surface area (Å²) < 4.78 is 13.2. The fourth-order valence-corrected chi connectivity index (χ4v) is 3.41. The molecule has 2 N–H and O–H groups in total. The Balaban J connectivity index is 2.10. The molecule has 19 heavy (non-hydrogen) atoms. The Bertz CT molecular complexity index is 419. The highest BCUT2D eigenvalue weighted by Gasteiger charge is 2.34. The van der Waals surface area contributed by atoms with Gasteiger partial charge < -0.3 is 5.73 Å². The summed E-state index contributed by atoms with van der Waals surface area (Å²) in [5, 5.41) is 0. The minimum Gasteiger partial charge on any atom is -0.330 e. The van der Waals surface area contributed by atoms with E-state index in [0.29, 0.717) is 0 Å². The van der Waals surface area contributed by atoms with Crippen LogP contribution in [-0.2, 0) is 6.42 Å². The van der Waals surface area contributed by atoms with Gasteiger partial charge in [-0.05, 0) is 80.2 Å². The van der Waals surface area contributed by atoms with Gasteiger partial charge in [-0.15, -0.1) is 0 Å². The molecule has 106 valence electrons.